The number of esters is 1. The average molecular weight is 524 g/mol. The fraction of sp³-hybridized carbons (Fsp3) is 0.955. The SMILES string of the molecule is CC(=O)OC1(CC2CCC3(CO)C(Br)CCC(C)(O)C23)CCC(Br)C(C)(C)C1. The molecule has 0 spiro atoms. The van der Waals surface area contributed by atoms with Crippen molar-refractivity contribution in [3.8, 4) is 0 Å². The summed E-state index contributed by atoms with van der Waals surface area (Å²) in [4.78, 5) is 12.7. The molecule has 3 aliphatic carbocycles. The van der Waals surface area contributed by atoms with Gasteiger partial charge in [0.15, 0.2) is 0 Å². The quantitative estimate of drug-likeness (QED) is 0.403. The zero-order chi connectivity index (χ0) is 21.0. The van der Waals surface area contributed by atoms with Gasteiger partial charge in [-0.15, -0.1) is 0 Å². The molecule has 6 heteroatoms. The average Bonchev–Trinajstić information content (AvgIpc) is 2.95. The van der Waals surface area contributed by atoms with E-state index in [1.54, 1.807) is 0 Å². The number of ether oxygens (including phenoxy) is 1. The lowest BCUT2D eigenvalue weighted by molar-refractivity contribution is -0.172. The van der Waals surface area contributed by atoms with Crippen molar-refractivity contribution in [2.45, 2.75) is 99.9 Å². The lowest BCUT2D eigenvalue weighted by atomic mass is 9.58. The fourth-order valence-electron chi connectivity index (χ4n) is 6.98. The molecule has 2 N–H and O–H groups in total. The minimum Gasteiger partial charge on any atom is -0.459 e. The van der Waals surface area contributed by atoms with Crippen LogP contribution in [0.25, 0.3) is 0 Å². The topological polar surface area (TPSA) is 66.8 Å². The second-order valence-electron chi connectivity index (χ2n) is 10.7. The van der Waals surface area contributed by atoms with Gasteiger partial charge in [0.1, 0.15) is 5.60 Å². The van der Waals surface area contributed by atoms with Gasteiger partial charge in [-0.05, 0) is 75.5 Å². The molecule has 0 heterocycles. The highest BCUT2D eigenvalue weighted by Crippen LogP contribution is 2.62. The number of carbonyl (C=O) groups excluding carboxylic acids is 1. The number of halogens is 2. The maximum absolute atomic E-state index is 12.0. The standard InChI is InChI=1S/C22H36Br2O4/c1-14(26)28-21(9-7-16(23)19(2,3)12-21)11-15-5-10-22(13-25)17(24)6-8-20(4,27)18(15)22/h15-18,25,27H,5-13H2,1-4H3. The third-order valence-electron chi connectivity index (χ3n) is 8.04. The normalized spacial score (nSPS) is 48.1. The van der Waals surface area contributed by atoms with Crippen LogP contribution in [0.4, 0.5) is 0 Å². The summed E-state index contributed by atoms with van der Waals surface area (Å²) < 4.78 is 6.05. The summed E-state index contributed by atoms with van der Waals surface area (Å²) in [6.07, 6.45) is 6.91. The van der Waals surface area contributed by atoms with Crippen LogP contribution in [0.15, 0.2) is 0 Å². The van der Waals surface area contributed by atoms with E-state index in [1.807, 2.05) is 6.92 Å². The van der Waals surface area contributed by atoms with Crippen molar-refractivity contribution >= 4 is 37.8 Å². The number of fused-ring (bicyclic) bond motifs is 1. The Balaban J connectivity index is 1.92. The van der Waals surface area contributed by atoms with Crippen molar-refractivity contribution in [2.24, 2.45) is 22.7 Å². The van der Waals surface area contributed by atoms with E-state index in [1.165, 1.54) is 6.92 Å². The third kappa shape index (κ3) is 3.97. The van der Waals surface area contributed by atoms with Gasteiger partial charge in [-0.25, -0.2) is 0 Å². The number of alkyl halides is 2. The first-order valence-corrected chi connectivity index (χ1v) is 12.5. The molecule has 4 nitrogen and oxygen atoms in total. The molecule has 0 bridgehead atoms. The van der Waals surface area contributed by atoms with Crippen molar-refractivity contribution in [2.75, 3.05) is 6.61 Å². The van der Waals surface area contributed by atoms with E-state index in [4.69, 9.17) is 4.74 Å². The minimum absolute atomic E-state index is 0.0142. The van der Waals surface area contributed by atoms with Crippen LogP contribution < -0.4 is 0 Å². The lowest BCUT2D eigenvalue weighted by Gasteiger charge is -2.53. The summed E-state index contributed by atoms with van der Waals surface area (Å²) in [6.45, 7) is 8.02. The van der Waals surface area contributed by atoms with Gasteiger partial charge in [0.2, 0.25) is 0 Å². The lowest BCUT2D eigenvalue weighted by Crippen LogP contribution is -2.56. The van der Waals surface area contributed by atoms with Gasteiger partial charge in [0.05, 0.1) is 12.2 Å². The second kappa shape index (κ2) is 7.80. The molecular formula is C22H36Br2O4. The molecule has 3 rings (SSSR count). The van der Waals surface area contributed by atoms with Crippen LogP contribution in [0.3, 0.4) is 0 Å². The maximum atomic E-state index is 12.0. The molecule has 3 saturated carbocycles. The Hall–Kier alpha value is 0.350. The van der Waals surface area contributed by atoms with E-state index in [0.29, 0.717) is 4.83 Å². The molecule has 0 saturated heterocycles. The van der Waals surface area contributed by atoms with Crippen LogP contribution in [-0.4, -0.2) is 43.6 Å². The fourth-order valence-corrected chi connectivity index (χ4v) is 8.26. The van der Waals surface area contributed by atoms with Crippen molar-refractivity contribution in [1.82, 2.24) is 0 Å². The summed E-state index contributed by atoms with van der Waals surface area (Å²) >= 11 is 7.66. The van der Waals surface area contributed by atoms with Gasteiger partial charge in [-0.1, -0.05) is 45.7 Å². The predicted molar refractivity (Wildman–Crippen MR) is 118 cm³/mol. The highest BCUT2D eigenvalue weighted by atomic mass is 79.9. The van der Waals surface area contributed by atoms with E-state index >= 15 is 0 Å². The summed E-state index contributed by atoms with van der Waals surface area (Å²) in [5, 5.41) is 21.7. The van der Waals surface area contributed by atoms with Gasteiger partial charge in [-0.2, -0.15) is 0 Å². The van der Waals surface area contributed by atoms with Crippen LogP contribution >= 0.6 is 31.9 Å². The first-order valence-electron chi connectivity index (χ1n) is 10.7. The van der Waals surface area contributed by atoms with Crippen LogP contribution in [0.2, 0.25) is 0 Å². The van der Waals surface area contributed by atoms with Gasteiger partial charge >= 0.3 is 5.97 Å². The van der Waals surface area contributed by atoms with Crippen molar-refractivity contribution in [1.29, 1.82) is 0 Å². The van der Waals surface area contributed by atoms with Gasteiger partial charge < -0.3 is 14.9 Å². The number of rotatable bonds is 4. The summed E-state index contributed by atoms with van der Waals surface area (Å²) in [7, 11) is 0. The molecule has 0 amide bonds. The Bertz CT molecular complexity index is 607. The number of hydrogen-bond acceptors (Lipinski definition) is 4. The Morgan fingerprint density at radius 3 is 2.29 bits per heavy atom. The molecule has 28 heavy (non-hydrogen) atoms. The number of carbonyl (C=O) groups is 1. The molecular weight excluding hydrogens is 488 g/mol. The molecule has 0 aromatic carbocycles. The number of aliphatic hydroxyl groups excluding tert-OH is 1. The molecule has 162 valence electrons. The van der Waals surface area contributed by atoms with E-state index in [0.717, 1.165) is 51.4 Å². The molecule has 0 aromatic heterocycles. The van der Waals surface area contributed by atoms with Crippen LogP contribution in [0, 0.1) is 22.7 Å². The Labute approximate surface area is 186 Å². The Morgan fingerprint density at radius 1 is 1.07 bits per heavy atom. The van der Waals surface area contributed by atoms with Crippen LogP contribution in [0.5, 0.6) is 0 Å². The highest BCUT2D eigenvalue weighted by Gasteiger charge is 2.62. The maximum Gasteiger partial charge on any atom is 0.303 e. The minimum atomic E-state index is -0.798. The molecule has 7 unspecified atom stereocenters. The monoisotopic (exact) mass is 522 g/mol. The number of aliphatic hydroxyl groups is 2. The zero-order valence-electron chi connectivity index (χ0n) is 17.6. The van der Waals surface area contributed by atoms with Crippen molar-refractivity contribution in [3.63, 3.8) is 0 Å². The number of hydrogen-bond donors (Lipinski definition) is 2. The van der Waals surface area contributed by atoms with Crippen molar-refractivity contribution < 1.29 is 19.7 Å². The third-order valence-corrected chi connectivity index (χ3v) is 11.1. The van der Waals surface area contributed by atoms with Gasteiger partial charge in [-0.3, -0.25) is 4.79 Å². The molecule has 0 aliphatic heterocycles. The first kappa shape index (κ1) is 23.0. The molecule has 7 atom stereocenters. The van der Waals surface area contributed by atoms with E-state index in [-0.39, 0.29) is 40.1 Å². The largest absolute Gasteiger partial charge is 0.459 e. The zero-order valence-corrected chi connectivity index (χ0v) is 20.8. The first-order chi connectivity index (χ1) is 12.9. The van der Waals surface area contributed by atoms with Crippen molar-refractivity contribution in [3.05, 3.63) is 0 Å². The smallest absolute Gasteiger partial charge is 0.303 e. The molecule has 3 aliphatic rings. The van der Waals surface area contributed by atoms with Crippen LogP contribution in [-0.2, 0) is 9.53 Å². The van der Waals surface area contributed by atoms with Gasteiger partial charge in [0.25, 0.3) is 0 Å². The molecule has 0 aromatic rings. The van der Waals surface area contributed by atoms with Gasteiger partial charge in [0, 0.05) is 22.0 Å². The Kier molecular flexibility index (Phi) is 6.41. The summed E-state index contributed by atoms with van der Waals surface area (Å²) in [5.41, 5.74) is -1.53. The molecule has 0 radical (unpaired) electrons. The summed E-state index contributed by atoms with van der Waals surface area (Å²) in [5.74, 6) is 0.0360. The Morgan fingerprint density at radius 2 is 1.71 bits per heavy atom. The van der Waals surface area contributed by atoms with E-state index in [9.17, 15) is 15.0 Å². The van der Waals surface area contributed by atoms with E-state index in [2.05, 4.69) is 45.7 Å². The molecule has 3 fully saturated rings. The van der Waals surface area contributed by atoms with Crippen LogP contribution in [0.1, 0.15) is 79.1 Å². The second-order valence-corrected chi connectivity index (χ2v) is 12.9. The van der Waals surface area contributed by atoms with E-state index < -0.39 is 11.2 Å². The highest BCUT2D eigenvalue weighted by molar-refractivity contribution is 9.09. The predicted octanol–water partition coefficient (Wildman–Crippen LogP) is 4.97. The summed E-state index contributed by atoms with van der Waals surface area (Å²) in [6, 6.07) is 0.